The van der Waals surface area contributed by atoms with E-state index in [1.807, 2.05) is 25.1 Å². The topological polar surface area (TPSA) is 72.4 Å². The number of fused-ring (bicyclic) bond motifs is 1. The number of furan rings is 1. The second-order valence-corrected chi connectivity index (χ2v) is 7.21. The normalized spacial score (nSPS) is 16.5. The minimum atomic E-state index is -2.67. The Hall–Kier alpha value is -2.80. The van der Waals surface area contributed by atoms with Crippen LogP contribution in [0.1, 0.15) is 34.5 Å². The summed E-state index contributed by atoms with van der Waals surface area (Å²) in [6, 6.07) is 9.33. The van der Waals surface area contributed by atoms with Crippen molar-refractivity contribution in [2.24, 2.45) is 5.73 Å². The molecule has 0 radical (unpaired) electrons. The van der Waals surface area contributed by atoms with E-state index < -0.39 is 5.92 Å². The van der Waals surface area contributed by atoms with Crippen LogP contribution in [-0.4, -0.2) is 34.8 Å². The average molecular weight is 385 g/mol. The summed E-state index contributed by atoms with van der Waals surface area (Å²) in [5.74, 6) is -2.22. The van der Waals surface area contributed by atoms with Gasteiger partial charge in [0.25, 0.3) is 11.8 Å². The second-order valence-electron chi connectivity index (χ2n) is 7.21. The number of carbonyl (C=O) groups is 1. The number of pyridine rings is 1. The molecule has 1 aromatic carbocycles. The molecule has 1 saturated heterocycles. The Bertz CT molecular complexity index is 1020. The lowest BCUT2D eigenvalue weighted by molar-refractivity contribution is -0.0494. The Labute approximate surface area is 161 Å². The van der Waals surface area contributed by atoms with Crippen molar-refractivity contribution < 1.29 is 18.0 Å². The summed E-state index contributed by atoms with van der Waals surface area (Å²) in [6.45, 7) is 2.42. The predicted molar refractivity (Wildman–Crippen MR) is 102 cm³/mol. The third-order valence-corrected chi connectivity index (χ3v) is 5.14. The fraction of sp³-hybridized carbons (Fsp3) is 0.333. The average Bonchev–Trinajstić information content (AvgIpc) is 3.11. The molecular weight excluding hydrogens is 364 g/mol. The zero-order chi connectivity index (χ0) is 19.9. The largest absolute Gasteiger partial charge is 0.459 e. The first kappa shape index (κ1) is 18.6. The molecule has 7 heteroatoms. The number of aryl methyl sites for hydroxylation is 1. The van der Waals surface area contributed by atoms with Crippen molar-refractivity contribution in [2.75, 3.05) is 13.1 Å². The van der Waals surface area contributed by atoms with E-state index in [0.29, 0.717) is 12.1 Å². The van der Waals surface area contributed by atoms with E-state index >= 15 is 0 Å². The van der Waals surface area contributed by atoms with Gasteiger partial charge in [-0.15, -0.1) is 0 Å². The molecule has 0 bridgehead atoms. The molecule has 1 fully saturated rings. The third-order valence-electron chi connectivity index (χ3n) is 5.14. The van der Waals surface area contributed by atoms with Gasteiger partial charge in [-0.1, -0.05) is 0 Å². The number of aromatic nitrogens is 1. The number of rotatable bonds is 3. The molecule has 1 aliphatic heterocycles. The van der Waals surface area contributed by atoms with E-state index in [4.69, 9.17) is 10.2 Å². The maximum absolute atomic E-state index is 13.3. The number of piperidine rings is 1. The number of halogens is 2. The summed E-state index contributed by atoms with van der Waals surface area (Å²) in [4.78, 5) is 18.4. The van der Waals surface area contributed by atoms with E-state index in [0.717, 1.165) is 33.6 Å². The quantitative estimate of drug-likeness (QED) is 0.736. The zero-order valence-corrected chi connectivity index (χ0v) is 15.5. The fourth-order valence-corrected chi connectivity index (χ4v) is 3.54. The predicted octanol–water partition coefficient (Wildman–Crippen LogP) is 4.13. The monoisotopic (exact) mass is 385 g/mol. The SMILES string of the molecule is Cc1cc(-c2ccc(C(=O)N3CCC(F)(F)CC3)cn2)cc2cc(CN)oc12. The molecule has 4 rings (SSSR count). The van der Waals surface area contributed by atoms with E-state index in [9.17, 15) is 13.6 Å². The Morgan fingerprint density at radius 3 is 2.64 bits per heavy atom. The summed E-state index contributed by atoms with van der Waals surface area (Å²) in [6.07, 6.45) is 0.919. The minimum Gasteiger partial charge on any atom is -0.459 e. The maximum Gasteiger partial charge on any atom is 0.255 e. The number of hydrogen-bond donors (Lipinski definition) is 1. The molecule has 2 N–H and O–H groups in total. The number of benzene rings is 1. The molecule has 3 heterocycles. The van der Waals surface area contributed by atoms with Gasteiger partial charge in [-0.3, -0.25) is 9.78 Å². The van der Waals surface area contributed by atoms with Crippen LogP contribution in [0.25, 0.3) is 22.2 Å². The lowest BCUT2D eigenvalue weighted by Crippen LogP contribution is -2.42. The highest BCUT2D eigenvalue weighted by molar-refractivity contribution is 5.94. The first-order chi connectivity index (χ1) is 13.4. The number of nitrogens with zero attached hydrogens (tertiary/aromatic N) is 2. The van der Waals surface area contributed by atoms with Gasteiger partial charge in [-0.2, -0.15) is 0 Å². The van der Waals surface area contributed by atoms with Crippen molar-refractivity contribution in [3.05, 3.63) is 53.4 Å². The van der Waals surface area contributed by atoms with Gasteiger partial charge in [0.15, 0.2) is 0 Å². The number of amides is 1. The van der Waals surface area contributed by atoms with Gasteiger partial charge in [0.2, 0.25) is 0 Å². The Morgan fingerprint density at radius 2 is 2.00 bits per heavy atom. The highest BCUT2D eigenvalue weighted by Gasteiger charge is 2.35. The Balaban J connectivity index is 1.56. The summed E-state index contributed by atoms with van der Waals surface area (Å²) in [5, 5.41) is 0.951. The van der Waals surface area contributed by atoms with Crippen LogP contribution in [0.15, 0.2) is 40.9 Å². The molecule has 0 aliphatic carbocycles. The van der Waals surface area contributed by atoms with Crippen LogP contribution < -0.4 is 5.73 Å². The standard InChI is InChI=1S/C21H21F2N3O2/c1-13-8-15(9-16-10-17(11-24)28-19(13)16)18-3-2-14(12-25-18)20(27)26-6-4-21(22,23)5-7-26/h2-3,8-10,12H,4-7,11,24H2,1H3. The molecule has 3 aromatic rings. The molecular formula is C21H21F2N3O2. The van der Waals surface area contributed by atoms with Gasteiger partial charge < -0.3 is 15.1 Å². The van der Waals surface area contributed by atoms with Gasteiger partial charge >= 0.3 is 0 Å². The highest BCUT2D eigenvalue weighted by atomic mass is 19.3. The van der Waals surface area contributed by atoms with E-state index in [2.05, 4.69) is 4.98 Å². The first-order valence-electron chi connectivity index (χ1n) is 9.23. The van der Waals surface area contributed by atoms with Gasteiger partial charge in [-0.25, -0.2) is 8.78 Å². The van der Waals surface area contributed by atoms with Crippen molar-refractivity contribution in [3.63, 3.8) is 0 Å². The number of nitrogens with two attached hydrogens (primary N) is 1. The van der Waals surface area contributed by atoms with Crippen LogP contribution in [0.3, 0.4) is 0 Å². The van der Waals surface area contributed by atoms with Crippen molar-refractivity contribution in [1.29, 1.82) is 0 Å². The van der Waals surface area contributed by atoms with Crippen molar-refractivity contribution in [2.45, 2.75) is 32.2 Å². The van der Waals surface area contributed by atoms with E-state index in [1.165, 1.54) is 11.1 Å². The van der Waals surface area contributed by atoms with Gasteiger partial charge in [0.05, 0.1) is 17.8 Å². The molecule has 146 valence electrons. The molecule has 0 atom stereocenters. The Kier molecular flexibility index (Phi) is 4.63. The molecule has 5 nitrogen and oxygen atoms in total. The second kappa shape index (κ2) is 6.98. The number of hydrogen-bond acceptors (Lipinski definition) is 4. The molecule has 0 spiro atoms. The lowest BCUT2D eigenvalue weighted by Gasteiger charge is -2.31. The van der Waals surface area contributed by atoms with Gasteiger partial charge in [-0.05, 0) is 42.8 Å². The van der Waals surface area contributed by atoms with Crippen molar-refractivity contribution >= 4 is 16.9 Å². The summed E-state index contributed by atoms with van der Waals surface area (Å²) >= 11 is 0. The van der Waals surface area contributed by atoms with E-state index in [-0.39, 0.29) is 31.8 Å². The van der Waals surface area contributed by atoms with E-state index in [1.54, 1.807) is 12.1 Å². The van der Waals surface area contributed by atoms with Gasteiger partial charge in [0, 0.05) is 43.1 Å². The van der Waals surface area contributed by atoms with Crippen molar-refractivity contribution in [3.8, 4) is 11.3 Å². The smallest absolute Gasteiger partial charge is 0.255 e. The molecule has 1 aliphatic rings. The fourth-order valence-electron chi connectivity index (χ4n) is 3.54. The van der Waals surface area contributed by atoms with Crippen LogP contribution in [0.5, 0.6) is 0 Å². The number of alkyl halides is 2. The summed E-state index contributed by atoms with van der Waals surface area (Å²) in [7, 11) is 0. The van der Waals surface area contributed by atoms with Crippen LogP contribution in [-0.2, 0) is 6.54 Å². The summed E-state index contributed by atoms with van der Waals surface area (Å²) < 4.78 is 32.3. The molecule has 0 saturated carbocycles. The molecule has 1 amide bonds. The van der Waals surface area contributed by atoms with Gasteiger partial charge in [0.1, 0.15) is 11.3 Å². The Morgan fingerprint density at radius 1 is 1.25 bits per heavy atom. The molecule has 0 unspecified atom stereocenters. The number of carbonyl (C=O) groups excluding carboxylic acids is 1. The highest BCUT2D eigenvalue weighted by Crippen LogP contribution is 2.30. The number of likely N-dealkylation sites (tertiary alicyclic amines) is 1. The van der Waals surface area contributed by atoms with Crippen LogP contribution in [0, 0.1) is 6.92 Å². The summed E-state index contributed by atoms with van der Waals surface area (Å²) in [5.41, 5.74) is 9.47. The molecule has 28 heavy (non-hydrogen) atoms. The molecule has 2 aromatic heterocycles. The van der Waals surface area contributed by atoms with Crippen LogP contribution >= 0.6 is 0 Å². The van der Waals surface area contributed by atoms with Crippen LogP contribution in [0.2, 0.25) is 0 Å². The third kappa shape index (κ3) is 3.49. The lowest BCUT2D eigenvalue weighted by atomic mass is 10.0. The minimum absolute atomic E-state index is 0.0629. The zero-order valence-electron chi connectivity index (χ0n) is 15.5. The first-order valence-corrected chi connectivity index (χ1v) is 9.23. The van der Waals surface area contributed by atoms with Crippen molar-refractivity contribution in [1.82, 2.24) is 9.88 Å². The maximum atomic E-state index is 13.3. The van der Waals surface area contributed by atoms with Crippen LogP contribution in [0.4, 0.5) is 8.78 Å².